The van der Waals surface area contributed by atoms with Crippen LogP contribution in [0.15, 0.2) is 16.9 Å². The predicted octanol–water partition coefficient (Wildman–Crippen LogP) is 0.848. The Hall–Kier alpha value is -1.90. The maximum absolute atomic E-state index is 11.6. The quantitative estimate of drug-likeness (QED) is 0.744. The molecule has 0 amide bonds. The van der Waals surface area contributed by atoms with Crippen molar-refractivity contribution < 1.29 is 13.5 Å². The number of aromatic nitrogens is 1. The Balaban J connectivity index is 3.01. The topological polar surface area (TPSA) is 65.9 Å². The lowest BCUT2D eigenvalue weighted by Gasteiger charge is -2.01. The van der Waals surface area contributed by atoms with E-state index in [2.05, 4.69) is 9.72 Å². The van der Waals surface area contributed by atoms with Crippen molar-refractivity contribution in [2.24, 2.45) is 0 Å². The number of hydrogen-bond donors (Lipinski definition) is 1. The smallest absolute Gasteiger partial charge is 0.387 e. The third kappa shape index (κ3) is 2.27. The number of alkyl halides is 2. The van der Waals surface area contributed by atoms with E-state index in [1.807, 2.05) is 0 Å². The molecule has 1 rings (SSSR count). The Labute approximate surface area is 71.4 Å². The van der Waals surface area contributed by atoms with Crippen LogP contribution in [0, 0.1) is 11.3 Å². The number of pyridine rings is 1. The summed E-state index contributed by atoms with van der Waals surface area (Å²) in [5, 5.41) is 8.33. The van der Waals surface area contributed by atoms with Crippen molar-refractivity contribution in [1.29, 1.82) is 5.26 Å². The van der Waals surface area contributed by atoms with Gasteiger partial charge in [0.1, 0.15) is 11.8 Å². The molecular formula is C7H4F2N2O2. The fraction of sp³-hybridized carbons (Fsp3) is 0.143. The van der Waals surface area contributed by atoms with Gasteiger partial charge in [-0.25, -0.2) is 0 Å². The third-order valence-electron chi connectivity index (χ3n) is 1.21. The maximum atomic E-state index is 11.6. The lowest BCUT2D eigenvalue weighted by atomic mass is 10.3. The summed E-state index contributed by atoms with van der Waals surface area (Å²) in [4.78, 5) is 12.9. The number of H-pyrrole nitrogens is 1. The van der Waals surface area contributed by atoms with Gasteiger partial charge in [0.25, 0.3) is 5.56 Å². The van der Waals surface area contributed by atoms with Crippen LogP contribution < -0.4 is 10.3 Å². The van der Waals surface area contributed by atoms with Gasteiger partial charge >= 0.3 is 6.61 Å². The highest BCUT2D eigenvalue weighted by Gasteiger charge is 2.07. The van der Waals surface area contributed by atoms with Crippen LogP contribution in [-0.2, 0) is 0 Å². The molecule has 0 aromatic carbocycles. The lowest BCUT2D eigenvalue weighted by Crippen LogP contribution is -2.14. The van der Waals surface area contributed by atoms with Gasteiger partial charge in [-0.1, -0.05) is 0 Å². The van der Waals surface area contributed by atoms with Crippen molar-refractivity contribution in [2.75, 3.05) is 0 Å². The molecule has 4 nitrogen and oxygen atoms in total. The molecule has 0 aliphatic rings. The molecule has 0 unspecified atom stereocenters. The van der Waals surface area contributed by atoms with Gasteiger partial charge in [-0.05, 0) is 12.1 Å². The molecule has 0 spiro atoms. The number of nitriles is 1. The second-order valence-electron chi connectivity index (χ2n) is 2.06. The van der Waals surface area contributed by atoms with Gasteiger partial charge < -0.3 is 9.72 Å². The van der Waals surface area contributed by atoms with E-state index in [9.17, 15) is 13.6 Å². The molecule has 1 aromatic heterocycles. The van der Waals surface area contributed by atoms with Crippen LogP contribution in [0.5, 0.6) is 5.75 Å². The van der Waals surface area contributed by atoms with E-state index in [1.165, 1.54) is 6.07 Å². The molecular weight excluding hydrogens is 182 g/mol. The summed E-state index contributed by atoms with van der Waals surface area (Å²) >= 11 is 0. The molecule has 0 fully saturated rings. The molecule has 0 saturated carbocycles. The minimum Gasteiger partial charge on any atom is -0.429 e. The average Bonchev–Trinajstić information content (AvgIpc) is 2.08. The maximum Gasteiger partial charge on any atom is 0.387 e. The summed E-state index contributed by atoms with van der Waals surface area (Å²) < 4.78 is 27.1. The third-order valence-corrected chi connectivity index (χ3v) is 1.21. The number of nitrogens with one attached hydrogen (secondary N) is 1. The van der Waals surface area contributed by atoms with Crippen molar-refractivity contribution in [3.05, 3.63) is 28.2 Å². The van der Waals surface area contributed by atoms with E-state index in [4.69, 9.17) is 5.26 Å². The number of nitrogens with zero attached hydrogens (tertiary/aromatic N) is 1. The van der Waals surface area contributed by atoms with Crippen molar-refractivity contribution in [2.45, 2.75) is 6.61 Å². The molecule has 1 N–H and O–H groups in total. The summed E-state index contributed by atoms with van der Waals surface area (Å²) in [5.41, 5.74) is -0.856. The zero-order valence-electron chi connectivity index (χ0n) is 6.25. The monoisotopic (exact) mass is 186 g/mol. The first-order chi connectivity index (χ1) is 6.13. The summed E-state index contributed by atoms with van der Waals surface area (Å²) in [6.07, 6.45) is 0. The summed E-state index contributed by atoms with van der Waals surface area (Å²) in [6, 6.07) is 3.85. The van der Waals surface area contributed by atoms with E-state index in [0.717, 1.165) is 6.07 Å². The highest BCUT2D eigenvalue weighted by atomic mass is 19.3. The zero-order valence-corrected chi connectivity index (χ0v) is 6.25. The highest BCUT2D eigenvalue weighted by molar-refractivity contribution is 5.26. The lowest BCUT2D eigenvalue weighted by molar-refractivity contribution is -0.0508. The van der Waals surface area contributed by atoms with Crippen molar-refractivity contribution >= 4 is 0 Å². The first-order valence-electron chi connectivity index (χ1n) is 3.21. The fourth-order valence-corrected chi connectivity index (χ4v) is 0.714. The summed E-state index contributed by atoms with van der Waals surface area (Å²) in [6.45, 7) is -3.05. The van der Waals surface area contributed by atoms with Crippen molar-refractivity contribution in [1.82, 2.24) is 4.98 Å². The Bertz CT molecular complexity index is 394. The molecule has 0 aliphatic heterocycles. The van der Waals surface area contributed by atoms with Gasteiger partial charge in [-0.2, -0.15) is 14.0 Å². The van der Waals surface area contributed by atoms with Gasteiger partial charge in [0, 0.05) is 0 Å². The van der Waals surface area contributed by atoms with Gasteiger partial charge in [0.2, 0.25) is 0 Å². The average molecular weight is 186 g/mol. The normalized spacial score (nSPS) is 9.69. The van der Waals surface area contributed by atoms with Crippen LogP contribution in [0.25, 0.3) is 0 Å². The standard InChI is InChI=1S/C7H4F2N2O2/c8-7(9)13-5-2-1-4(3-10)11-6(5)12/h1-2,7H,(H,11,12). The zero-order chi connectivity index (χ0) is 9.84. The van der Waals surface area contributed by atoms with Crippen molar-refractivity contribution in [3.8, 4) is 11.8 Å². The van der Waals surface area contributed by atoms with E-state index < -0.39 is 17.9 Å². The molecule has 68 valence electrons. The van der Waals surface area contributed by atoms with Crippen LogP contribution in [0.3, 0.4) is 0 Å². The second kappa shape index (κ2) is 3.67. The van der Waals surface area contributed by atoms with Crippen LogP contribution in [0.4, 0.5) is 8.78 Å². The van der Waals surface area contributed by atoms with Gasteiger partial charge in [-0.15, -0.1) is 0 Å². The minimum absolute atomic E-state index is 0.00776. The van der Waals surface area contributed by atoms with E-state index in [0.29, 0.717) is 0 Å². The SMILES string of the molecule is N#Cc1ccc(OC(F)F)c(=O)[nH]1. The number of halogens is 2. The molecule has 6 heteroatoms. The Morgan fingerprint density at radius 1 is 1.54 bits per heavy atom. The highest BCUT2D eigenvalue weighted by Crippen LogP contribution is 2.06. The second-order valence-corrected chi connectivity index (χ2v) is 2.06. The van der Waals surface area contributed by atoms with Gasteiger partial charge in [-0.3, -0.25) is 4.79 Å². The summed E-state index contributed by atoms with van der Waals surface area (Å²) in [5.74, 6) is -0.506. The van der Waals surface area contributed by atoms with Crippen molar-refractivity contribution in [3.63, 3.8) is 0 Å². The van der Waals surface area contributed by atoms with E-state index >= 15 is 0 Å². The molecule has 1 aromatic rings. The molecule has 0 atom stereocenters. The number of hydrogen-bond acceptors (Lipinski definition) is 3. The number of aromatic amines is 1. The Morgan fingerprint density at radius 3 is 2.69 bits per heavy atom. The minimum atomic E-state index is -3.05. The number of ether oxygens (including phenoxy) is 1. The molecule has 0 aliphatic carbocycles. The first kappa shape index (κ1) is 9.19. The molecule has 0 radical (unpaired) electrons. The van der Waals surface area contributed by atoms with E-state index in [-0.39, 0.29) is 5.69 Å². The van der Waals surface area contributed by atoms with Crippen LogP contribution in [0.1, 0.15) is 5.69 Å². The largest absolute Gasteiger partial charge is 0.429 e. The molecule has 0 bridgehead atoms. The first-order valence-corrected chi connectivity index (χ1v) is 3.21. The Morgan fingerprint density at radius 2 is 2.23 bits per heavy atom. The molecule has 13 heavy (non-hydrogen) atoms. The Kier molecular flexibility index (Phi) is 2.59. The van der Waals surface area contributed by atoms with Crippen LogP contribution in [0.2, 0.25) is 0 Å². The summed E-state index contributed by atoms with van der Waals surface area (Å²) in [7, 11) is 0. The number of rotatable bonds is 2. The van der Waals surface area contributed by atoms with E-state index in [1.54, 1.807) is 6.07 Å². The van der Waals surface area contributed by atoms with Gasteiger partial charge in [0.15, 0.2) is 5.75 Å². The predicted molar refractivity (Wildman–Crippen MR) is 38.4 cm³/mol. The van der Waals surface area contributed by atoms with Crippen LogP contribution >= 0.6 is 0 Å². The van der Waals surface area contributed by atoms with Gasteiger partial charge in [0.05, 0.1) is 0 Å². The molecule has 0 saturated heterocycles. The van der Waals surface area contributed by atoms with Crippen LogP contribution in [-0.4, -0.2) is 11.6 Å². The fourth-order valence-electron chi connectivity index (χ4n) is 0.714. The molecule has 1 heterocycles.